The van der Waals surface area contributed by atoms with Gasteiger partial charge in [-0.15, -0.1) is 0 Å². The van der Waals surface area contributed by atoms with Gasteiger partial charge in [0, 0.05) is 17.0 Å². The number of ketones is 2. The van der Waals surface area contributed by atoms with Crippen LogP contribution in [0.5, 0.6) is 5.75 Å². The number of methoxy groups -OCH3 is 1. The molecule has 1 aliphatic carbocycles. The number of Topliss-reactive ketones (excluding diaryl/α,β-unsaturated/α-hetero) is 2. The molecule has 0 bridgehead atoms. The van der Waals surface area contributed by atoms with E-state index >= 15 is 0 Å². The first-order valence-corrected chi connectivity index (χ1v) is 9.39. The zero-order chi connectivity index (χ0) is 21.8. The molecule has 0 fully saturated rings. The van der Waals surface area contributed by atoms with Gasteiger partial charge in [0.15, 0.2) is 0 Å². The molecule has 2 aromatic rings. The first-order valence-electron chi connectivity index (χ1n) is 9.39. The van der Waals surface area contributed by atoms with E-state index in [0.29, 0.717) is 17.9 Å². The monoisotopic (exact) mass is 406 g/mol. The number of aliphatic hydroxyl groups is 1. The summed E-state index contributed by atoms with van der Waals surface area (Å²) in [5, 5.41) is 10.8. The normalized spacial score (nSPS) is 14.2. The first kappa shape index (κ1) is 21.0. The molecular formula is C24H22O6. The predicted octanol–water partition coefficient (Wildman–Crippen LogP) is 4.02. The maximum atomic E-state index is 12.9. The van der Waals surface area contributed by atoms with E-state index in [1.54, 1.807) is 42.5 Å². The Labute approximate surface area is 174 Å². The van der Waals surface area contributed by atoms with Crippen LogP contribution < -0.4 is 4.74 Å². The number of rotatable bonds is 7. The number of carbonyl (C=O) groups is 3. The largest absolute Gasteiger partial charge is 0.507 e. The zero-order valence-corrected chi connectivity index (χ0v) is 16.8. The highest BCUT2D eigenvalue weighted by Crippen LogP contribution is 2.38. The summed E-state index contributed by atoms with van der Waals surface area (Å²) in [4.78, 5) is 37.6. The smallest absolute Gasteiger partial charge is 0.306 e. The van der Waals surface area contributed by atoms with Crippen molar-refractivity contribution in [2.24, 2.45) is 0 Å². The summed E-state index contributed by atoms with van der Waals surface area (Å²) in [6.07, 6.45) is -0.205. The summed E-state index contributed by atoms with van der Waals surface area (Å²) < 4.78 is 10.4. The Morgan fingerprint density at radius 1 is 1.03 bits per heavy atom. The zero-order valence-electron chi connectivity index (χ0n) is 16.8. The van der Waals surface area contributed by atoms with Crippen LogP contribution in [0.3, 0.4) is 0 Å². The van der Waals surface area contributed by atoms with Crippen LogP contribution in [0.2, 0.25) is 0 Å². The van der Waals surface area contributed by atoms with Crippen LogP contribution in [-0.4, -0.2) is 36.4 Å². The van der Waals surface area contributed by atoms with Gasteiger partial charge in [-0.1, -0.05) is 43.0 Å². The Bertz CT molecular complexity index is 1050. The lowest BCUT2D eigenvalue weighted by Gasteiger charge is -2.24. The van der Waals surface area contributed by atoms with Crippen molar-refractivity contribution in [2.75, 3.05) is 13.7 Å². The third kappa shape index (κ3) is 4.17. The van der Waals surface area contributed by atoms with Gasteiger partial charge in [0.25, 0.3) is 0 Å². The average molecular weight is 406 g/mol. The maximum Gasteiger partial charge on any atom is 0.306 e. The Balaban J connectivity index is 2.06. The van der Waals surface area contributed by atoms with E-state index < -0.39 is 23.5 Å². The van der Waals surface area contributed by atoms with Crippen LogP contribution in [-0.2, 0) is 14.3 Å². The fraction of sp³-hybridized carbons (Fsp3) is 0.208. The Morgan fingerprint density at radius 3 is 2.27 bits per heavy atom. The fourth-order valence-corrected chi connectivity index (χ4v) is 3.35. The maximum absolute atomic E-state index is 12.9. The molecule has 1 N–H and O–H groups in total. The lowest BCUT2D eigenvalue weighted by molar-refractivity contribution is -0.140. The standard InChI is InChI=1S/C24H22O6/c1-14(2)13-30-16-10-8-15(9-11-16)19(12-20(25)29-3)21-22(26)17-6-4-5-7-18(17)23(27)24(21)28/h4-11,19,26H,1,12-13H2,2-3H3/t19-/m1/s1. The molecule has 0 heterocycles. The van der Waals surface area contributed by atoms with Gasteiger partial charge in [-0.3, -0.25) is 14.4 Å². The molecule has 0 aliphatic heterocycles. The van der Waals surface area contributed by atoms with Crippen LogP contribution in [0, 0.1) is 0 Å². The molecule has 0 spiro atoms. The van der Waals surface area contributed by atoms with Crippen molar-refractivity contribution in [1.29, 1.82) is 0 Å². The summed E-state index contributed by atoms with van der Waals surface area (Å²) in [5.74, 6) is -2.67. The number of hydrogen-bond donors (Lipinski definition) is 1. The minimum atomic E-state index is -0.850. The molecule has 0 aromatic heterocycles. The van der Waals surface area contributed by atoms with Gasteiger partial charge in [0.1, 0.15) is 18.1 Å². The number of carbonyl (C=O) groups excluding carboxylic acids is 3. The van der Waals surface area contributed by atoms with Crippen LogP contribution in [0.4, 0.5) is 0 Å². The summed E-state index contributed by atoms with van der Waals surface area (Å²) in [5.41, 5.74) is 1.74. The molecule has 0 radical (unpaired) electrons. The van der Waals surface area contributed by atoms with E-state index in [4.69, 9.17) is 9.47 Å². The Hall–Kier alpha value is -3.67. The average Bonchev–Trinajstić information content (AvgIpc) is 2.75. The van der Waals surface area contributed by atoms with E-state index in [-0.39, 0.29) is 28.9 Å². The van der Waals surface area contributed by atoms with E-state index in [1.165, 1.54) is 13.2 Å². The number of esters is 1. The van der Waals surface area contributed by atoms with Crippen molar-refractivity contribution >= 4 is 23.3 Å². The highest BCUT2D eigenvalue weighted by molar-refractivity contribution is 6.52. The molecule has 3 rings (SSSR count). The molecule has 1 atom stereocenters. The van der Waals surface area contributed by atoms with Crippen molar-refractivity contribution in [2.45, 2.75) is 19.3 Å². The van der Waals surface area contributed by atoms with Gasteiger partial charge >= 0.3 is 5.97 Å². The number of allylic oxidation sites excluding steroid dienone is 1. The minimum absolute atomic E-state index is 0.111. The topological polar surface area (TPSA) is 89.9 Å². The molecule has 154 valence electrons. The molecule has 0 saturated carbocycles. The fourth-order valence-electron chi connectivity index (χ4n) is 3.35. The number of fused-ring (bicyclic) bond motifs is 1. The summed E-state index contributed by atoms with van der Waals surface area (Å²) in [6.45, 7) is 5.99. The Morgan fingerprint density at radius 2 is 1.67 bits per heavy atom. The van der Waals surface area contributed by atoms with Crippen molar-refractivity contribution in [3.05, 3.63) is 82.9 Å². The van der Waals surface area contributed by atoms with Crippen molar-refractivity contribution in [1.82, 2.24) is 0 Å². The quantitative estimate of drug-likeness (QED) is 0.424. The molecule has 0 unspecified atom stereocenters. The highest BCUT2D eigenvalue weighted by atomic mass is 16.5. The molecule has 1 aliphatic rings. The Kier molecular flexibility index (Phi) is 6.16. The third-order valence-corrected chi connectivity index (χ3v) is 4.85. The molecular weight excluding hydrogens is 384 g/mol. The molecule has 2 aromatic carbocycles. The van der Waals surface area contributed by atoms with Gasteiger partial charge in [-0.05, 0) is 30.2 Å². The van der Waals surface area contributed by atoms with E-state index in [9.17, 15) is 19.5 Å². The van der Waals surface area contributed by atoms with Gasteiger partial charge < -0.3 is 14.6 Å². The molecule has 0 saturated heterocycles. The van der Waals surface area contributed by atoms with E-state index in [0.717, 1.165) is 5.57 Å². The van der Waals surface area contributed by atoms with Crippen LogP contribution in [0.25, 0.3) is 5.76 Å². The minimum Gasteiger partial charge on any atom is -0.507 e. The molecule has 0 amide bonds. The lowest BCUT2D eigenvalue weighted by atomic mass is 9.78. The van der Waals surface area contributed by atoms with Gasteiger partial charge in [-0.25, -0.2) is 0 Å². The highest BCUT2D eigenvalue weighted by Gasteiger charge is 2.38. The first-order chi connectivity index (χ1) is 14.3. The van der Waals surface area contributed by atoms with Crippen LogP contribution in [0.15, 0.2) is 66.3 Å². The predicted molar refractivity (Wildman–Crippen MR) is 111 cm³/mol. The van der Waals surface area contributed by atoms with Crippen LogP contribution >= 0.6 is 0 Å². The van der Waals surface area contributed by atoms with Crippen molar-refractivity contribution < 1.29 is 29.0 Å². The van der Waals surface area contributed by atoms with E-state index in [1.807, 2.05) is 6.92 Å². The summed E-state index contributed by atoms with van der Waals surface area (Å²) in [7, 11) is 1.24. The number of aliphatic hydroxyl groups excluding tert-OH is 1. The van der Waals surface area contributed by atoms with Crippen molar-refractivity contribution in [3.63, 3.8) is 0 Å². The lowest BCUT2D eigenvalue weighted by Crippen LogP contribution is -2.28. The van der Waals surface area contributed by atoms with Gasteiger partial charge in [0.05, 0.1) is 19.1 Å². The van der Waals surface area contributed by atoms with Gasteiger partial charge in [-0.2, -0.15) is 0 Å². The second kappa shape index (κ2) is 8.78. The van der Waals surface area contributed by atoms with Crippen molar-refractivity contribution in [3.8, 4) is 5.75 Å². The van der Waals surface area contributed by atoms with E-state index in [2.05, 4.69) is 6.58 Å². The molecule has 6 nitrogen and oxygen atoms in total. The number of ether oxygens (including phenoxy) is 2. The number of benzene rings is 2. The summed E-state index contributed by atoms with van der Waals surface area (Å²) in [6, 6.07) is 13.1. The molecule has 6 heteroatoms. The number of hydrogen-bond acceptors (Lipinski definition) is 6. The van der Waals surface area contributed by atoms with Crippen LogP contribution in [0.1, 0.15) is 40.7 Å². The second-order valence-electron chi connectivity index (χ2n) is 7.11. The summed E-state index contributed by atoms with van der Waals surface area (Å²) >= 11 is 0. The SMILES string of the molecule is C=C(C)COc1ccc([C@@H](CC(=O)OC)C2=C(O)c3ccccc3C(=O)C2=O)cc1. The third-order valence-electron chi connectivity index (χ3n) is 4.85. The van der Waals surface area contributed by atoms with Gasteiger partial charge in [0.2, 0.25) is 11.6 Å². The molecule has 30 heavy (non-hydrogen) atoms. The second-order valence-corrected chi connectivity index (χ2v) is 7.11.